The molecule has 2 atom stereocenters. The van der Waals surface area contributed by atoms with Crippen molar-refractivity contribution in [2.45, 2.75) is 25.9 Å². The molecular formula is C16H17N3O. The average Bonchev–Trinajstić information content (AvgIpc) is 2.92. The standard InChI is InChI=1S/C16H17N3O/c1-11(13-7-9-17-10-8-13)18-12(2)16-19-14-5-3-4-6-15(14)20-16/h3-12,18H,1-2H3/t11-,12+/m1/s1. The summed E-state index contributed by atoms with van der Waals surface area (Å²) >= 11 is 0. The molecule has 0 aliphatic rings. The van der Waals surface area contributed by atoms with E-state index in [4.69, 9.17) is 4.42 Å². The fourth-order valence-corrected chi connectivity index (χ4v) is 2.27. The van der Waals surface area contributed by atoms with E-state index in [1.54, 1.807) is 12.4 Å². The Morgan fingerprint density at radius 1 is 1.00 bits per heavy atom. The largest absolute Gasteiger partial charge is 0.439 e. The number of para-hydroxylation sites is 2. The number of nitrogens with one attached hydrogen (secondary N) is 1. The number of hydrogen-bond acceptors (Lipinski definition) is 4. The summed E-state index contributed by atoms with van der Waals surface area (Å²) in [5.41, 5.74) is 2.92. The van der Waals surface area contributed by atoms with Gasteiger partial charge in [-0.25, -0.2) is 4.98 Å². The smallest absolute Gasteiger partial charge is 0.212 e. The second kappa shape index (κ2) is 5.43. The SMILES string of the molecule is C[C@H](N[C@H](C)c1ccncc1)c1nc2ccccc2o1. The molecule has 1 aromatic carbocycles. The Morgan fingerprint density at radius 3 is 2.50 bits per heavy atom. The van der Waals surface area contributed by atoms with Crippen molar-refractivity contribution >= 4 is 11.1 Å². The summed E-state index contributed by atoms with van der Waals surface area (Å²) in [5.74, 6) is 0.715. The van der Waals surface area contributed by atoms with Crippen LogP contribution in [0.5, 0.6) is 0 Å². The van der Waals surface area contributed by atoms with Gasteiger partial charge in [0.2, 0.25) is 5.89 Å². The number of fused-ring (bicyclic) bond motifs is 1. The zero-order chi connectivity index (χ0) is 13.9. The molecule has 0 bridgehead atoms. The van der Waals surface area contributed by atoms with Gasteiger partial charge in [0.05, 0.1) is 6.04 Å². The second-order valence-corrected chi connectivity index (χ2v) is 4.91. The van der Waals surface area contributed by atoms with Crippen molar-refractivity contribution in [3.05, 3.63) is 60.2 Å². The molecule has 0 radical (unpaired) electrons. The summed E-state index contributed by atoms with van der Waals surface area (Å²) in [6, 6.07) is 12.1. The van der Waals surface area contributed by atoms with Gasteiger partial charge in [-0.05, 0) is 43.7 Å². The summed E-state index contributed by atoms with van der Waals surface area (Å²) in [5, 5.41) is 3.49. The molecule has 1 N–H and O–H groups in total. The molecular weight excluding hydrogens is 250 g/mol. The summed E-state index contributed by atoms with van der Waals surface area (Å²) in [4.78, 5) is 8.55. The van der Waals surface area contributed by atoms with E-state index in [1.165, 1.54) is 5.56 Å². The molecule has 2 heterocycles. The van der Waals surface area contributed by atoms with E-state index in [9.17, 15) is 0 Å². The van der Waals surface area contributed by atoms with E-state index >= 15 is 0 Å². The molecule has 20 heavy (non-hydrogen) atoms. The highest BCUT2D eigenvalue weighted by atomic mass is 16.3. The number of hydrogen-bond donors (Lipinski definition) is 1. The van der Waals surface area contributed by atoms with Crippen LogP contribution in [-0.4, -0.2) is 9.97 Å². The van der Waals surface area contributed by atoms with Crippen LogP contribution in [0.3, 0.4) is 0 Å². The van der Waals surface area contributed by atoms with Gasteiger partial charge < -0.3 is 4.42 Å². The molecule has 0 aliphatic carbocycles. The van der Waals surface area contributed by atoms with Crippen LogP contribution in [0.25, 0.3) is 11.1 Å². The predicted molar refractivity (Wildman–Crippen MR) is 78.2 cm³/mol. The molecule has 0 amide bonds. The van der Waals surface area contributed by atoms with Crippen molar-refractivity contribution < 1.29 is 4.42 Å². The molecule has 4 heteroatoms. The molecule has 2 aromatic heterocycles. The fraction of sp³-hybridized carbons (Fsp3) is 0.250. The Bertz CT molecular complexity index is 660. The first kappa shape index (κ1) is 12.8. The van der Waals surface area contributed by atoms with E-state index in [-0.39, 0.29) is 12.1 Å². The van der Waals surface area contributed by atoms with Crippen LogP contribution in [0.1, 0.15) is 37.4 Å². The van der Waals surface area contributed by atoms with Crippen molar-refractivity contribution in [3.8, 4) is 0 Å². The minimum Gasteiger partial charge on any atom is -0.439 e. The third-order valence-electron chi connectivity index (χ3n) is 3.39. The second-order valence-electron chi connectivity index (χ2n) is 4.91. The number of benzene rings is 1. The number of oxazole rings is 1. The minimum absolute atomic E-state index is 0.0468. The maximum atomic E-state index is 5.78. The van der Waals surface area contributed by atoms with E-state index in [0.717, 1.165) is 11.1 Å². The van der Waals surface area contributed by atoms with E-state index in [0.29, 0.717) is 5.89 Å². The Morgan fingerprint density at radius 2 is 1.75 bits per heavy atom. The molecule has 0 aliphatic heterocycles. The van der Waals surface area contributed by atoms with Crippen molar-refractivity contribution in [3.63, 3.8) is 0 Å². The monoisotopic (exact) mass is 267 g/mol. The summed E-state index contributed by atoms with van der Waals surface area (Å²) in [7, 11) is 0. The summed E-state index contributed by atoms with van der Waals surface area (Å²) in [6.07, 6.45) is 3.61. The average molecular weight is 267 g/mol. The molecule has 0 fully saturated rings. The lowest BCUT2D eigenvalue weighted by Gasteiger charge is -2.17. The molecule has 3 aromatic rings. The van der Waals surface area contributed by atoms with Gasteiger partial charge in [0.15, 0.2) is 5.58 Å². The van der Waals surface area contributed by atoms with Gasteiger partial charge in [0.25, 0.3) is 0 Å². The number of aromatic nitrogens is 2. The molecule has 0 saturated carbocycles. The van der Waals surface area contributed by atoms with E-state index < -0.39 is 0 Å². The highest BCUT2D eigenvalue weighted by molar-refractivity contribution is 5.72. The summed E-state index contributed by atoms with van der Waals surface area (Å²) < 4.78 is 5.78. The highest BCUT2D eigenvalue weighted by Crippen LogP contribution is 2.22. The maximum absolute atomic E-state index is 5.78. The Labute approximate surface area is 117 Å². The normalized spacial score (nSPS) is 14.3. The third kappa shape index (κ3) is 2.56. The van der Waals surface area contributed by atoms with Crippen molar-refractivity contribution in [1.29, 1.82) is 0 Å². The lowest BCUT2D eigenvalue weighted by molar-refractivity contribution is 0.403. The van der Waals surface area contributed by atoms with Gasteiger partial charge in [-0.15, -0.1) is 0 Å². The van der Waals surface area contributed by atoms with Gasteiger partial charge in [0.1, 0.15) is 5.52 Å². The van der Waals surface area contributed by atoms with Crippen LogP contribution in [0.4, 0.5) is 0 Å². The lowest BCUT2D eigenvalue weighted by atomic mass is 10.1. The predicted octanol–water partition coefficient (Wildman–Crippen LogP) is 3.63. The minimum atomic E-state index is 0.0468. The van der Waals surface area contributed by atoms with Gasteiger partial charge in [-0.2, -0.15) is 0 Å². The van der Waals surface area contributed by atoms with Crippen LogP contribution in [-0.2, 0) is 0 Å². The first-order valence-electron chi connectivity index (χ1n) is 6.75. The highest BCUT2D eigenvalue weighted by Gasteiger charge is 2.16. The van der Waals surface area contributed by atoms with Crippen LogP contribution < -0.4 is 5.32 Å². The number of pyridine rings is 1. The lowest BCUT2D eigenvalue weighted by Crippen LogP contribution is -2.22. The zero-order valence-corrected chi connectivity index (χ0v) is 11.6. The quantitative estimate of drug-likeness (QED) is 0.784. The molecule has 0 spiro atoms. The van der Waals surface area contributed by atoms with Crippen molar-refractivity contribution in [2.24, 2.45) is 0 Å². The van der Waals surface area contributed by atoms with Crippen LogP contribution in [0.2, 0.25) is 0 Å². The van der Waals surface area contributed by atoms with Crippen LogP contribution >= 0.6 is 0 Å². The Balaban J connectivity index is 1.77. The first-order valence-corrected chi connectivity index (χ1v) is 6.75. The number of nitrogens with zero attached hydrogens (tertiary/aromatic N) is 2. The van der Waals surface area contributed by atoms with E-state index in [1.807, 2.05) is 36.4 Å². The van der Waals surface area contributed by atoms with Crippen LogP contribution in [0.15, 0.2) is 53.2 Å². The topological polar surface area (TPSA) is 51.0 Å². The Kier molecular flexibility index (Phi) is 3.48. The fourth-order valence-electron chi connectivity index (χ4n) is 2.27. The van der Waals surface area contributed by atoms with Gasteiger partial charge in [-0.1, -0.05) is 12.1 Å². The molecule has 3 rings (SSSR count). The van der Waals surface area contributed by atoms with E-state index in [2.05, 4.69) is 29.1 Å². The maximum Gasteiger partial charge on any atom is 0.212 e. The van der Waals surface area contributed by atoms with Gasteiger partial charge in [0, 0.05) is 18.4 Å². The van der Waals surface area contributed by atoms with Crippen molar-refractivity contribution in [1.82, 2.24) is 15.3 Å². The zero-order valence-electron chi connectivity index (χ0n) is 11.6. The van der Waals surface area contributed by atoms with Gasteiger partial charge >= 0.3 is 0 Å². The molecule has 0 unspecified atom stereocenters. The first-order chi connectivity index (χ1) is 9.74. The molecule has 0 saturated heterocycles. The third-order valence-corrected chi connectivity index (χ3v) is 3.39. The molecule has 4 nitrogen and oxygen atoms in total. The van der Waals surface area contributed by atoms with Gasteiger partial charge in [-0.3, -0.25) is 10.3 Å². The Hall–Kier alpha value is -2.20. The summed E-state index contributed by atoms with van der Waals surface area (Å²) in [6.45, 7) is 4.18. The molecule has 102 valence electrons. The van der Waals surface area contributed by atoms with Crippen LogP contribution in [0, 0.1) is 0 Å². The number of rotatable bonds is 4. The van der Waals surface area contributed by atoms with Crippen molar-refractivity contribution in [2.75, 3.05) is 0 Å².